The number of carbonyl (C=O) groups is 5. The highest BCUT2D eigenvalue weighted by Crippen LogP contribution is 2.39. The Morgan fingerprint density at radius 1 is 0.824 bits per heavy atom. The number of nitrogens with one attached hydrogen (secondary N) is 4. The molecule has 3 aliphatic rings. The number of hydrogen-bond acceptors (Lipinski definition) is 16. The monoisotopic (exact) mass is 1260 g/mol. The average Bonchev–Trinajstić information content (AvgIpc) is 1.90. The Labute approximate surface area is 530 Å². The molecule has 3 fully saturated rings. The summed E-state index contributed by atoms with van der Waals surface area (Å²) in [7, 11) is 1.69. The van der Waals surface area contributed by atoms with Gasteiger partial charge in [-0.25, -0.2) is 14.0 Å². The largest absolute Gasteiger partial charge is 0.445 e. The molecule has 1 aliphatic carbocycles. The van der Waals surface area contributed by atoms with Gasteiger partial charge in [-0.1, -0.05) is 31.1 Å². The third kappa shape index (κ3) is 20.5. The summed E-state index contributed by atoms with van der Waals surface area (Å²) >= 11 is 0. The number of primary amides is 1. The Hall–Kier alpha value is -8.42. The highest BCUT2D eigenvalue weighted by Gasteiger charge is 2.33. The Morgan fingerprint density at radius 2 is 1.56 bits per heavy atom. The quantitative estimate of drug-likeness (QED) is 0.0117. The molecule has 8 rings (SSSR count). The molecule has 0 bridgehead atoms. The van der Waals surface area contributed by atoms with Crippen LogP contribution in [0.3, 0.4) is 0 Å². The number of aryl methyl sites for hydroxylation is 2. The van der Waals surface area contributed by atoms with Crippen molar-refractivity contribution in [3.05, 3.63) is 134 Å². The van der Waals surface area contributed by atoms with Crippen LogP contribution in [0.4, 0.5) is 31.0 Å². The first-order valence-corrected chi connectivity index (χ1v) is 31.6. The maximum atomic E-state index is 16.6. The number of nitrogens with two attached hydrogens (primary N) is 1. The normalized spacial score (nSPS) is 15.8. The number of fused-ring (bicyclic) bond motifs is 1. The highest BCUT2D eigenvalue weighted by molar-refractivity contribution is 5.98. The lowest BCUT2D eigenvalue weighted by Gasteiger charge is -2.40. The molecule has 3 atom stereocenters. The zero-order valence-electron chi connectivity index (χ0n) is 53.0. The van der Waals surface area contributed by atoms with Crippen molar-refractivity contribution < 1.29 is 47.3 Å². The van der Waals surface area contributed by atoms with Crippen LogP contribution in [0.5, 0.6) is 0 Å². The van der Waals surface area contributed by atoms with E-state index in [9.17, 15) is 28.8 Å². The first kappa shape index (κ1) is 68.5. The molecule has 490 valence electrons. The van der Waals surface area contributed by atoms with Gasteiger partial charge in [0.25, 0.3) is 0 Å². The van der Waals surface area contributed by atoms with Crippen molar-refractivity contribution in [3.63, 3.8) is 0 Å². The van der Waals surface area contributed by atoms with E-state index in [2.05, 4.69) is 67.8 Å². The van der Waals surface area contributed by atoms with Crippen molar-refractivity contribution in [1.82, 2.24) is 40.3 Å². The zero-order chi connectivity index (χ0) is 64.8. The van der Waals surface area contributed by atoms with Crippen LogP contribution in [0.15, 0.2) is 89.2 Å². The van der Waals surface area contributed by atoms with Gasteiger partial charge in [-0.05, 0) is 136 Å². The Balaban J connectivity index is 0.823. The molecule has 1 saturated carbocycles. The Morgan fingerprint density at radius 3 is 2.24 bits per heavy atom. The summed E-state index contributed by atoms with van der Waals surface area (Å²) in [5.41, 5.74) is 20.3. The minimum Gasteiger partial charge on any atom is -0.445 e. The third-order valence-electron chi connectivity index (χ3n) is 16.7. The fourth-order valence-electron chi connectivity index (χ4n) is 11.5. The molecule has 2 aromatic carbocycles. The molecule has 6 N–H and O–H groups in total. The van der Waals surface area contributed by atoms with E-state index in [1.165, 1.54) is 6.07 Å². The second-order valence-electron chi connectivity index (χ2n) is 23.9. The molecule has 2 saturated heterocycles. The smallest absolute Gasteiger partial charge is 0.410 e. The fraction of sp³-hybridized carbons (Fsp3) is 0.538. The van der Waals surface area contributed by atoms with Gasteiger partial charge < -0.3 is 65.2 Å². The van der Waals surface area contributed by atoms with Crippen LogP contribution in [0, 0.1) is 25.6 Å². The topological polar surface area (TPSA) is 306 Å². The van der Waals surface area contributed by atoms with E-state index in [-0.39, 0.29) is 81.8 Å². The fourth-order valence-corrected chi connectivity index (χ4v) is 11.5. The minimum absolute atomic E-state index is 0.0242. The van der Waals surface area contributed by atoms with Crippen LogP contribution in [-0.4, -0.2) is 164 Å². The van der Waals surface area contributed by atoms with E-state index >= 15 is 4.39 Å². The molecular weight excluding hydrogens is 1170 g/mol. The number of azide groups is 1. The summed E-state index contributed by atoms with van der Waals surface area (Å²) in [4.78, 5) is 99.9. The molecule has 5 heterocycles. The summed E-state index contributed by atoms with van der Waals surface area (Å²) in [6, 6.07) is 15.7. The number of benzene rings is 2. The highest BCUT2D eigenvalue weighted by atomic mass is 19.1. The number of pyridine rings is 3. The molecule has 3 aromatic heterocycles. The number of anilines is 3. The van der Waals surface area contributed by atoms with Gasteiger partial charge in [-0.2, -0.15) is 0 Å². The van der Waals surface area contributed by atoms with E-state index < -0.39 is 47.7 Å². The van der Waals surface area contributed by atoms with Crippen LogP contribution in [0.2, 0.25) is 0 Å². The second-order valence-corrected chi connectivity index (χ2v) is 23.9. The number of nitrogens with zero attached hydrogens (tertiary/aromatic N) is 10. The number of hydrogen-bond donors (Lipinski definition) is 5. The van der Waals surface area contributed by atoms with E-state index in [0.29, 0.717) is 93.2 Å². The number of amides is 6. The van der Waals surface area contributed by atoms with Crippen LogP contribution >= 0.6 is 0 Å². The second kappa shape index (κ2) is 34.1. The lowest BCUT2D eigenvalue weighted by atomic mass is 10.0. The van der Waals surface area contributed by atoms with Gasteiger partial charge in [0.2, 0.25) is 17.7 Å². The molecule has 25 nitrogen and oxygen atoms in total. The maximum Gasteiger partial charge on any atom is 0.410 e. The lowest BCUT2D eigenvalue weighted by molar-refractivity contribution is -0.132. The molecular formula is C65H88FN15O10. The number of carbonyl (C=O) groups excluding carboxylic acids is 5. The Bertz CT molecular complexity index is 3360. The zero-order valence-corrected chi connectivity index (χ0v) is 53.0. The number of piperidine rings is 2. The summed E-state index contributed by atoms with van der Waals surface area (Å²) in [5.74, 6) is -2.34. The SMILES string of the molecule is Cc1ccc(N2CCC[C@H](N(Cc3ccnc(C)c3)Cc3cn(C4CC4)c4cc(N5CCC(N(C)C(=O)OCc6ccc(NC(=O)C(CCCNC(N)=O)NC(=O)C(NC(=O)CCOCCOCCOCCN=[N+]=[N-])C(C)C)cc6)CC5)c(F)cc4c3=O)C2)cn1. The number of aromatic nitrogens is 3. The number of halogens is 1. The van der Waals surface area contributed by atoms with Gasteiger partial charge in [0.05, 0.1) is 62.7 Å². The Kier molecular flexibility index (Phi) is 25.7. The number of rotatable bonds is 33. The minimum atomic E-state index is -1.06. The van der Waals surface area contributed by atoms with E-state index in [1.807, 2.05) is 55.5 Å². The predicted octanol–water partition coefficient (Wildman–Crippen LogP) is 7.55. The standard InChI is InChI=1S/C65H88FN15O10/c1-43(2)60(75-59(82)21-28-88-30-32-90-33-31-89-29-24-72-76-68)63(85)74-56(9-6-22-70-64(67)86)62(84)73-49-13-11-46(12-14-49)42-91-65(87)77(5)50-19-26-78(27-20-50)58-36-57-54(35-55(58)66)61(83)48(40-81(57)51-16-17-51)39-80(38-47-18-23-69-45(4)34-47)53-8-7-25-79(41-53)52-15-10-44(3)71-37-52/h10-15,18,23,34-37,40,43,50-51,53,56,60H,6-9,16-17,19-22,24-33,38-39,41-42H2,1-5H3,(H,73,84)(H,74,85)(H,75,82)(H3,67,70,86)/t53-,56?,60?/m0/s1. The van der Waals surface area contributed by atoms with Crippen molar-refractivity contribution in [3.8, 4) is 0 Å². The maximum absolute atomic E-state index is 16.6. The predicted molar refractivity (Wildman–Crippen MR) is 344 cm³/mol. The molecule has 0 radical (unpaired) electrons. The molecule has 2 unspecified atom stereocenters. The van der Waals surface area contributed by atoms with Crippen LogP contribution in [0.1, 0.15) is 106 Å². The molecule has 0 spiro atoms. The lowest BCUT2D eigenvalue weighted by Crippen LogP contribution is -2.54. The van der Waals surface area contributed by atoms with Gasteiger partial charge in [0.1, 0.15) is 24.5 Å². The van der Waals surface area contributed by atoms with Crippen molar-refractivity contribution in [2.45, 2.75) is 135 Å². The number of ether oxygens (including phenoxy) is 4. The molecule has 26 heteroatoms. The van der Waals surface area contributed by atoms with E-state index in [4.69, 9.17) is 30.2 Å². The average molecular weight is 1260 g/mol. The molecule has 5 aromatic rings. The van der Waals surface area contributed by atoms with Crippen LogP contribution in [-0.2, 0) is 53.0 Å². The third-order valence-corrected chi connectivity index (χ3v) is 16.7. The van der Waals surface area contributed by atoms with Gasteiger partial charge in [0, 0.05) is 129 Å². The van der Waals surface area contributed by atoms with Gasteiger partial charge >= 0.3 is 12.1 Å². The summed E-state index contributed by atoms with van der Waals surface area (Å²) < 4.78 is 40.7. The van der Waals surface area contributed by atoms with Crippen molar-refractivity contribution in [2.24, 2.45) is 16.8 Å². The van der Waals surface area contributed by atoms with Crippen molar-refractivity contribution in [2.75, 3.05) is 101 Å². The summed E-state index contributed by atoms with van der Waals surface area (Å²) in [5, 5.41) is 14.6. The van der Waals surface area contributed by atoms with Crippen molar-refractivity contribution >= 4 is 57.8 Å². The first-order chi connectivity index (χ1) is 43.9. The van der Waals surface area contributed by atoms with Crippen molar-refractivity contribution in [1.29, 1.82) is 0 Å². The first-order valence-electron chi connectivity index (χ1n) is 31.6. The summed E-state index contributed by atoms with van der Waals surface area (Å²) in [6.07, 6.45) is 10.7. The molecule has 6 amide bonds. The van der Waals surface area contributed by atoms with Gasteiger partial charge in [-0.3, -0.25) is 34.0 Å². The summed E-state index contributed by atoms with van der Waals surface area (Å²) in [6.45, 7) is 13.1. The molecule has 2 aliphatic heterocycles. The van der Waals surface area contributed by atoms with Gasteiger partial charge in [0.15, 0.2) is 5.43 Å². The molecule has 91 heavy (non-hydrogen) atoms. The van der Waals surface area contributed by atoms with E-state index in [1.54, 1.807) is 50.1 Å². The number of urea groups is 1. The van der Waals surface area contributed by atoms with Crippen LogP contribution in [0.25, 0.3) is 21.3 Å². The van der Waals surface area contributed by atoms with Gasteiger partial charge in [-0.15, -0.1) is 0 Å². The van der Waals surface area contributed by atoms with E-state index in [0.717, 1.165) is 66.9 Å². The van der Waals surface area contributed by atoms with Crippen LogP contribution < -0.4 is 42.2 Å².